The SMILES string of the molecule is NC(=O)CN(CP(=O)(O)O)NS(=O)(=O)c1ccccc1[N+](=O)[O-]. The van der Waals surface area contributed by atoms with Crippen LogP contribution in [0.4, 0.5) is 5.69 Å². The van der Waals surface area contributed by atoms with E-state index in [0.29, 0.717) is 5.01 Å². The van der Waals surface area contributed by atoms with Crippen LogP contribution in [0.3, 0.4) is 0 Å². The minimum atomic E-state index is -4.73. The fraction of sp³-hybridized carbons (Fsp3) is 0.222. The van der Waals surface area contributed by atoms with E-state index in [1.165, 1.54) is 12.1 Å². The molecule has 1 rings (SSSR count). The Morgan fingerprint density at radius 1 is 1.39 bits per heavy atom. The predicted molar refractivity (Wildman–Crippen MR) is 76.2 cm³/mol. The maximum atomic E-state index is 12.2. The number of nitrogens with zero attached hydrogens (tertiary/aromatic N) is 2. The predicted octanol–water partition coefficient (Wildman–Crippen LogP) is -1.29. The van der Waals surface area contributed by atoms with Crippen molar-refractivity contribution >= 4 is 29.2 Å². The van der Waals surface area contributed by atoms with Crippen molar-refractivity contribution in [3.05, 3.63) is 34.4 Å². The van der Waals surface area contributed by atoms with Crippen molar-refractivity contribution < 1.29 is 32.5 Å². The summed E-state index contributed by atoms with van der Waals surface area (Å²) in [6.07, 6.45) is -1.14. The molecule has 0 spiro atoms. The van der Waals surface area contributed by atoms with Crippen LogP contribution >= 0.6 is 7.60 Å². The molecule has 1 aromatic rings. The van der Waals surface area contributed by atoms with E-state index in [2.05, 4.69) is 0 Å². The molecule has 5 N–H and O–H groups in total. The van der Waals surface area contributed by atoms with Gasteiger partial charge in [0.1, 0.15) is 6.29 Å². The van der Waals surface area contributed by atoms with Gasteiger partial charge in [0.15, 0.2) is 4.90 Å². The second-order valence-corrected chi connectivity index (χ2v) is 7.53. The van der Waals surface area contributed by atoms with Gasteiger partial charge in [0.25, 0.3) is 15.7 Å². The molecule has 0 aliphatic heterocycles. The lowest BCUT2D eigenvalue weighted by Gasteiger charge is -2.21. The maximum Gasteiger partial charge on any atom is 0.340 e. The Kier molecular flexibility index (Phi) is 5.93. The van der Waals surface area contributed by atoms with E-state index in [-0.39, 0.29) is 0 Å². The highest BCUT2D eigenvalue weighted by Gasteiger charge is 2.30. The van der Waals surface area contributed by atoms with Gasteiger partial charge in [-0.25, -0.2) is 13.4 Å². The lowest BCUT2D eigenvalue weighted by molar-refractivity contribution is -0.387. The zero-order chi connectivity index (χ0) is 17.8. The molecule has 1 amide bonds. The molecule has 1 aromatic carbocycles. The van der Waals surface area contributed by atoms with E-state index in [0.717, 1.165) is 12.1 Å². The first kappa shape index (κ1) is 19.2. The molecular weight excluding hydrogens is 355 g/mol. The monoisotopic (exact) mass is 368 g/mol. The number of nitro groups is 1. The van der Waals surface area contributed by atoms with E-state index in [4.69, 9.17) is 15.5 Å². The third-order valence-electron chi connectivity index (χ3n) is 2.30. The number of para-hydroxylation sites is 1. The van der Waals surface area contributed by atoms with Crippen molar-refractivity contribution in [2.24, 2.45) is 5.73 Å². The standard InChI is InChI=1S/C9H13N4O8PS/c10-9(14)5-12(6-22(17,18)19)11-23(20,21)8-4-2-1-3-7(8)13(15)16/h1-4,11H,5-6H2,(H2,10,14)(H2,17,18,19). The Balaban J connectivity index is 3.18. The molecule has 0 aliphatic rings. The van der Waals surface area contributed by atoms with Crippen LogP contribution in [0.1, 0.15) is 0 Å². The van der Waals surface area contributed by atoms with Crippen LogP contribution in [-0.2, 0) is 19.4 Å². The molecule has 128 valence electrons. The minimum absolute atomic E-state index is 0.370. The van der Waals surface area contributed by atoms with Crippen LogP contribution in [0.2, 0.25) is 0 Å². The fourth-order valence-corrected chi connectivity index (χ4v) is 3.53. The van der Waals surface area contributed by atoms with Crippen LogP contribution in [0.25, 0.3) is 0 Å². The average molecular weight is 368 g/mol. The maximum absolute atomic E-state index is 12.2. The Morgan fingerprint density at radius 3 is 2.43 bits per heavy atom. The Labute approximate surface area is 130 Å². The van der Waals surface area contributed by atoms with Crippen LogP contribution in [-0.4, -0.2) is 46.9 Å². The molecule has 0 saturated heterocycles. The highest BCUT2D eigenvalue weighted by Crippen LogP contribution is 2.34. The van der Waals surface area contributed by atoms with Gasteiger partial charge < -0.3 is 15.5 Å². The largest absolute Gasteiger partial charge is 0.369 e. The summed E-state index contributed by atoms with van der Waals surface area (Å²) in [5.74, 6) is -1.07. The smallest absolute Gasteiger partial charge is 0.340 e. The van der Waals surface area contributed by atoms with Gasteiger partial charge in [-0.15, -0.1) is 4.83 Å². The molecule has 0 fully saturated rings. The van der Waals surface area contributed by atoms with Crippen LogP contribution in [0.5, 0.6) is 0 Å². The molecule has 14 heteroatoms. The van der Waals surface area contributed by atoms with Crippen molar-refractivity contribution in [1.82, 2.24) is 9.84 Å². The van der Waals surface area contributed by atoms with Gasteiger partial charge in [-0.2, -0.15) is 0 Å². The fourth-order valence-electron chi connectivity index (χ4n) is 1.58. The molecule has 0 saturated carbocycles. The van der Waals surface area contributed by atoms with Crippen LogP contribution < -0.4 is 10.6 Å². The van der Waals surface area contributed by atoms with Crippen molar-refractivity contribution in [3.8, 4) is 0 Å². The first-order chi connectivity index (χ1) is 10.4. The van der Waals surface area contributed by atoms with Crippen molar-refractivity contribution in [3.63, 3.8) is 0 Å². The van der Waals surface area contributed by atoms with Gasteiger partial charge in [-0.05, 0) is 6.07 Å². The average Bonchev–Trinajstić information content (AvgIpc) is 2.35. The normalized spacial score (nSPS) is 12.3. The van der Waals surface area contributed by atoms with Gasteiger partial charge in [0, 0.05) is 6.07 Å². The number of nitro benzene ring substituents is 1. The first-order valence-corrected chi connectivity index (χ1v) is 9.04. The summed E-state index contributed by atoms with van der Waals surface area (Å²) in [6, 6.07) is 4.34. The summed E-state index contributed by atoms with van der Waals surface area (Å²) in [7, 11) is -9.30. The van der Waals surface area contributed by atoms with Crippen molar-refractivity contribution in [2.45, 2.75) is 4.90 Å². The number of hydrogen-bond donors (Lipinski definition) is 4. The molecular formula is C9H13N4O8PS. The summed E-state index contributed by atoms with van der Waals surface area (Å²) in [5, 5.41) is 11.2. The van der Waals surface area contributed by atoms with Gasteiger partial charge in [-0.1, -0.05) is 12.1 Å². The zero-order valence-electron chi connectivity index (χ0n) is 11.4. The first-order valence-electron chi connectivity index (χ1n) is 5.76. The lowest BCUT2D eigenvalue weighted by Crippen LogP contribution is -2.46. The molecule has 23 heavy (non-hydrogen) atoms. The minimum Gasteiger partial charge on any atom is -0.369 e. The number of nitrogens with two attached hydrogens (primary N) is 1. The Morgan fingerprint density at radius 2 is 1.96 bits per heavy atom. The van der Waals surface area contributed by atoms with E-state index in [1.54, 1.807) is 4.83 Å². The molecule has 0 unspecified atom stereocenters. The van der Waals surface area contributed by atoms with Crippen LogP contribution in [0.15, 0.2) is 29.2 Å². The molecule has 12 nitrogen and oxygen atoms in total. The number of nitrogens with one attached hydrogen (secondary N) is 1. The number of amides is 1. The zero-order valence-corrected chi connectivity index (χ0v) is 13.1. The highest BCUT2D eigenvalue weighted by molar-refractivity contribution is 7.89. The summed E-state index contributed by atoms with van der Waals surface area (Å²) < 4.78 is 35.3. The molecule has 0 aromatic heterocycles. The molecule has 0 radical (unpaired) electrons. The Bertz CT molecular complexity index is 761. The topological polar surface area (TPSA) is 193 Å². The number of carbonyl (C=O) groups excluding carboxylic acids is 1. The summed E-state index contributed by atoms with van der Waals surface area (Å²) in [5.41, 5.74) is 4.13. The van der Waals surface area contributed by atoms with Gasteiger partial charge in [0.2, 0.25) is 5.91 Å². The van der Waals surface area contributed by atoms with Crippen LogP contribution in [0, 0.1) is 10.1 Å². The lowest BCUT2D eigenvalue weighted by atomic mass is 10.3. The second kappa shape index (κ2) is 7.12. The van der Waals surface area contributed by atoms with Gasteiger partial charge >= 0.3 is 7.60 Å². The van der Waals surface area contributed by atoms with E-state index in [1.807, 2.05) is 0 Å². The molecule has 0 atom stereocenters. The van der Waals surface area contributed by atoms with E-state index >= 15 is 0 Å². The molecule has 0 aliphatic carbocycles. The molecule has 0 bridgehead atoms. The highest BCUT2D eigenvalue weighted by atomic mass is 32.2. The summed E-state index contributed by atoms with van der Waals surface area (Å²) in [4.78, 5) is 39.5. The van der Waals surface area contributed by atoms with Crippen molar-refractivity contribution in [2.75, 3.05) is 12.8 Å². The summed E-state index contributed by atoms with van der Waals surface area (Å²) in [6.45, 7) is -0.842. The molecule has 0 heterocycles. The number of primary amides is 1. The number of carbonyl (C=O) groups is 1. The van der Waals surface area contributed by atoms with E-state index < -0.39 is 51.9 Å². The van der Waals surface area contributed by atoms with Gasteiger partial charge in [0.05, 0.1) is 11.5 Å². The number of benzene rings is 1. The third-order valence-corrected chi connectivity index (χ3v) is 4.44. The number of hydrogen-bond acceptors (Lipinski definition) is 7. The number of sulfonamides is 1. The van der Waals surface area contributed by atoms with Gasteiger partial charge in [-0.3, -0.25) is 19.5 Å². The third kappa shape index (κ3) is 6.02. The summed E-state index contributed by atoms with van der Waals surface area (Å²) >= 11 is 0. The number of rotatable bonds is 8. The van der Waals surface area contributed by atoms with E-state index in [9.17, 15) is 27.9 Å². The van der Waals surface area contributed by atoms with Crippen molar-refractivity contribution in [1.29, 1.82) is 0 Å². The second-order valence-electron chi connectivity index (χ2n) is 4.29. The quantitative estimate of drug-likeness (QED) is 0.245. The number of hydrazine groups is 1. The Hall–Kier alpha value is -1.89.